The van der Waals surface area contributed by atoms with E-state index < -0.39 is 23.6 Å². The maximum Gasteiger partial charge on any atom is 0.335 e. The van der Waals surface area contributed by atoms with E-state index in [0.717, 1.165) is 6.08 Å². The van der Waals surface area contributed by atoms with E-state index in [1.54, 1.807) is 0 Å². The summed E-state index contributed by atoms with van der Waals surface area (Å²) in [6, 6.07) is 6.13. The fraction of sp³-hybridized carbons (Fsp3) is 0.211. The van der Waals surface area contributed by atoms with Crippen molar-refractivity contribution in [1.29, 1.82) is 0 Å². The van der Waals surface area contributed by atoms with Gasteiger partial charge in [-0.15, -0.1) is 0 Å². The molecule has 1 unspecified atom stereocenters. The molecule has 2 aromatic carbocycles. The van der Waals surface area contributed by atoms with Gasteiger partial charge in [0, 0.05) is 12.5 Å². The van der Waals surface area contributed by atoms with E-state index in [0.29, 0.717) is 12.5 Å². The molecule has 2 rings (SSSR count). The molecule has 0 radical (unpaired) electrons. The summed E-state index contributed by atoms with van der Waals surface area (Å²) in [7, 11) is 0. The van der Waals surface area contributed by atoms with E-state index in [4.69, 9.17) is 39.9 Å². The predicted octanol–water partition coefficient (Wildman–Crippen LogP) is 7.40. The van der Waals surface area contributed by atoms with Gasteiger partial charge < -0.3 is 5.11 Å². The molecule has 0 fully saturated rings. The average Bonchev–Trinajstić information content (AvgIpc) is 2.55. The van der Waals surface area contributed by atoms with E-state index in [2.05, 4.69) is 0 Å². The Hall–Kier alpha value is -1.69. The number of aryl methyl sites for hydroxylation is 1. The first-order valence-corrected chi connectivity index (χ1v) is 8.79. The van der Waals surface area contributed by atoms with Crippen molar-refractivity contribution < 1.29 is 23.1 Å². The number of hydrogen-bond donors (Lipinski definition) is 1. The van der Waals surface area contributed by atoms with E-state index in [1.165, 1.54) is 37.3 Å². The predicted molar refractivity (Wildman–Crippen MR) is 102 cm³/mol. The smallest absolute Gasteiger partial charge is 0.335 e. The molecule has 0 saturated carbocycles. The zero-order chi connectivity index (χ0) is 20.5. The van der Waals surface area contributed by atoms with Crippen molar-refractivity contribution in [2.24, 2.45) is 0 Å². The Morgan fingerprint density at radius 3 is 2.15 bits per heavy atom. The molecule has 0 spiro atoms. The van der Waals surface area contributed by atoms with Gasteiger partial charge in [0.1, 0.15) is 5.83 Å². The van der Waals surface area contributed by atoms with Crippen LogP contribution in [0.3, 0.4) is 0 Å². The van der Waals surface area contributed by atoms with E-state index in [1.807, 2.05) is 0 Å². The Morgan fingerprint density at radius 2 is 1.70 bits per heavy atom. The normalized spacial score (nSPS) is 13.6. The first kappa shape index (κ1) is 21.6. The maximum absolute atomic E-state index is 14.7. The lowest BCUT2D eigenvalue weighted by molar-refractivity contribution is 0.00668. The zero-order valence-corrected chi connectivity index (χ0v) is 16.4. The van der Waals surface area contributed by atoms with Gasteiger partial charge in [-0.1, -0.05) is 40.9 Å². The molecule has 0 bridgehead atoms. The lowest BCUT2D eigenvalue weighted by Crippen LogP contribution is -2.21. The van der Waals surface area contributed by atoms with E-state index >= 15 is 0 Å². The van der Waals surface area contributed by atoms with Crippen molar-refractivity contribution in [2.45, 2.75) is 25.7 Å². The van der Waals surface area contributed by atoms with Crippen LogP contribution in [0.5, 0.6) is 0 Å². The molecule has 0 heterocycles. The van der Waals surface area contributed by atoms with Gasteiger partial charge in [-0.2, -0.15) is 0 Å². The van der Waals surface area contributed by atoms with Crippen LogP contribution < -0.4 is 0 Å². The lowest BCUT2D eigenvalue weighted by Gasteiger charge is -2.22. The molecule has 2 nitrogen and oxygen atoms in total. The van der Waals surface area contributed by atoms with Crippen molar-refractivity contribution in [3.63, 3.8) is 0 Å². The third-order valence-electron chi connectivity index (χ3n) is 3.96. The molecule has 0 aliphatic carbocycles. The van der Waals surface area contributed by atoms with Crippen molar-refractivity contribution in [3.8, 4) is 0 Å². The number of alkyl halides is 2. The average molecular weight is 438 g/mol. The number of halogens is 6. The summed E-state index contributed by atoms with van der Waals surface area (Å²) in [5, 5.41) is 9.00. The fourth-order valence-electron chi connectivity index (χ4n) is 2.58. The highest BCUT2D eigenvalue weighted by Gasteiger charge is 2.35. The van der Waals surface area contributed by atoms with Gasteiger partial charge in [-0.25, -0.2) is 18.0 Å². The molecule has 1 N–H and O–H groups in total. The second-order valence-corrected chi connectivity index (χ2v) is 7.27. The number of rotatable bonds is 5. The summed E-state index contributed by atoms with van der Waals surface area (Å²) in [6.07, 6.45) is 0.755. The molecule has 0 saturated heterocycles. The minimum absolute atomic E-state index is 0.000172. The number of carbonyl (C=O) groups is 1. The standard InChI is InChI=1S/C19H14Cl3F3O2/c1-9-5-10(3-4-12(9)18(26)27)16(23)8-13(19(2,24)25)11-6-14(20)17(22)15(21)7-11/h3-8,13H,1-2H3,(H,26,27)/b16-8-. The van der Waals surface area contributed by atoms with Crippen LogP contribution in [-0.4, -0.2) is 17.0 Å². The van der Waals surface area contributed by atoms with Crippen LogP contribution in [0.15, 0.2) is 36.4 Å². The number of hydrogen-bond acceptors (Lipinski definition) is 1. The summed E-state index contributed by atoms with van der Waals surface area (Å²) >= 11 is 17.6. The maximum atomic E-state index is 14.7. The number of allylic oxidation sites excluding steroid dienone is 1. The number of aromatic carboxylic acids is 1. The summed E-state index contributed by atoms with van der Waals surface area (Å²) in [5.41, 5.74) is 0.287. The van der Waals surface area contributed by atoms with Crippen LogP contribution in [-0.2, 0) is 0 Å². The first-order valence-electron chi connectivity index (χ1n) is 7.65. The summed E-state index contributed by atoms with van der Waals surface area (Å²) < 4.78 is 43.0. The Bertz CT molecular complexity index is 898. The van der Waals surface area contributed by atoms with Gasteiger partial charge in [0.15, 0.2) is 0 Å². The first-order chi connectivity index (χ1) is 12.4. The van der Waals surface area contributed by atoms with E-state index in [-0.39, 0.29) is 31.8 Å². The minimum Gasteiger partial charge on any atom is -0.478 e. The Balaban J connectivity index is 2.53. The van der Waals surface area contributed by atoms with Crippen LogP contribution in [0, 0.1) is 6.92 Å². The number of carboxylic acid groups (broad SMARTS) is 1. The van der Waals surface area contributed by atoms with Gasteiger partial charge in [0.25, 0.3) is 5.92 Å². The van der Waals surface area contributed by atoms with Gasteiger partial charge in [-0.05, 0) is 48.4 Å². The fourth-order valence-corrected chi connectivity index (χ4v) is 3.20. The van der Waals surface area contributed by atoms with Crippen molar-refractivity contribution in [2.75, 3.05) is 0 Å². The number of benzene rings is 2. The molecule has 0 aliphatic heterocycles. The second kappa shape index (κ2) is 8.13. The third kappa shape index (κ3) is 4.98. The molecule has 0 aromatic heterocycles. The van der Waals surface area contributed by atoms with E-state index in [9.17, 15) is 18.0 Å². The van der Waals surface area contributed by atoms with Crippen LogP contribution >= 0.6 is 34.8 Å². The Labute approximate surface area is 169 Å². The monoisotopic (exact) mass is 436 g/mol. The number of carboxylic acids is 1. The van der Waals surface area contributed by atoms with Crippen molar-refractivity contribution in [1.82, 2.24) is 0 Å². The Morgan fingerprint density at radius 1 is 1.15 bits per heavy atom. The van der Waals surface area contributed by atoms with Gasteiger partial charge in [0.05, 0.1) is 26.5 Å². The molecule has 0 amide bonds. The molecular formula is C19H14Cl3F3O2. The highest BCUT2D eigenvalue weighted by molar-refractivity contribution is 6.48. The highest BCUT2D eigenvalue weighted by atomic mass is 35.5. The molecule has 144 valence electrons. The van der Waals surface area contributed by atoms with Gasteiger partial charge >= 0.3 is 5.97 Å². The summed E-state index contributed by atoms with van der Waals surface area (Å²) in [4.78, 5) is 11.0. The van der Waals surface area contributed by atoms with Gasteiger partial charge in [-0.3, -0.25) is 0 Å². The topological polar surface area (TPSA) is 37.3 Å². The molecular weight excluding hydrogens is 424 g/mol. The van der Waals surface area contributed by atoms with Crippen LogP contribution in [0.25, 0.3) is 5.83 Å². The van der Waals surface area contributed by atoms with Crippen LogP contribution in [0.1, 0.15) is 39.9 Å². The molecule has 27 heavy (non-hydrogen) atoms. The SMILES string of the molecule is Cc1cc(/C(F)=C/C(c2cc(Cl)c(Cl)c(Cl)c2)C(C)(F)F)ccc1C(=O)O. The minimum atomic E-state index is -3.33. The molecule has 1 atom stereocenters. The van der Waals surface area contributed by atoms with Crippen molar-refractivity contribution >= 4 is 46.6 Å². The largest absolute Gasteiger partial charge is 0.478 e. The lowest BCUT2D eigenvalue weighted by atomic mass is 9.91. The van der Waals surface area contributed by atoms with Crippen LogP contribution in [0.2, 0.25) is 15.1 Å². The Kier molecular flexibility index (Phi) is 6.51. The third-order valence-corrected chi connectivity index (χ3v) is 5.15. The molecule has 8 heteroatoms. The van der Waals surface area contributed by atoms with Crippen molar-refractivity contribution in [3.05, 3.63) is 73.7 Å². The van der Waals surface area contributed by atoms with Crippen LogP contribution in [0.4, 0.5) is 13.2 Å². The second-order valence-electron chi connectivity index (χ2n) is 6.08. The quantitative estimate of drug-likeness (QED) is 0.495. The summed E-state index contributed by atoms with van der Waals surface area (Å²) in [6.45, 7) is 2.14. The van der Waals surface area contributed by atoms with Gasteiger partial charge in [0.2, 0.25) is 0 Å². The zero-order valence-electron chi connectivity index (χ0n) is 14.2. The molecule has 0 aliphatic rings. The summed E-state index contributed by atoms with van der Waals surface area (Å²) in [5.74, 6) is -7.08. The highest BCUT2D eigenvalue weighted by Crippen LogP contribution is 2.41. The molecule has 2 aromatic rings.